The number of likely N-dealkylation sites (N-methyl/N-ethyl adjacent to an activating group) is 1. The highest BCUT2D eigenvalue weighted by Crippen LogP contribution is 2.31. The lowest BCUT2D eigenvalue weighted by molar-refractivity contribution is 0.169. The summed E-state index contributed by atoms with van der Waals surface area (Å²) < 4.78 is 10.7. The second-order valence-corrected chi connectivity index (χ2v) is 5.50. The summed E-state index contributed by atoms with van der Waals surface area (Å²) in [6, 6.07) is 6.52. The van der Waals surface area contributed by atoms with Crippen LogP contribution in [0.3, 0.4) is 0 Å². The molecule has 102 valence electrons. The monoisotopic (exact) mass is 251 g/mol. The lowest BCUT2D eigenvalue weighted by Crippen LogP contribution is -2.23. The van der Waals surface area contributed by atoms with Crippen molar-refractivity contribution in [3.63, 3.8) is 0 Å². The van der Waals surface area contributed by atoms with Gasteiger partial charge in [-0.2, -0.15) is 0 Å². The number of methoxy groups -OCH3 is 2. The second-order valence-electron chi connectivity index (χ2n) is 5.50. The van der Waals surface area contributed by atoms with Gasteiger partial charge in [0.1, 0.15) is 5.75 Å². The van der Waals surface area contributed by atoms with Crippen LogP contribution in [0.1, 0.15) is 37.9 Å². The van der Waals surface area contributed by atoms with Crippen LogP contribution in [0.4, 0.5) is 0 Å². The van der Waals surface area contributed by atoms with Crippen molar-refractivity contribution in [2.24, 2.45) is 0 Å². The van der Waals surface area contributed by atoms with E-state index in [0.717, 1.165) is 11.3 Å². The Bertz CT molecular complexity index is 383. The molecule has 0 saturated heterocycles. The van der Waals surface area contributed by atoms with Crippen LogP contribution in [0, 0.1) is 0 Å². The third-order valence-corrected chi connectivity index (χ3v) is 3.15. The Balaban J connectivity index is 3.20. The molecule has 1 aromatic carbocycles. The molecule has 18 heavy (non-hydrogen) atoms. The smallest absolute Gasteiger partial charge is 0.123 e. The Morgan fingerprint density at radius 3 is 2.33 bits per heavy atom. The summed E-state index contributed by atoms with van der Waals surface area (Å²) in [5.74, 6) is 0.902. The fourth-order valence-corrected chi connectivity index (χ4v) is 1.97. The minimum absolute atomic E-state index is 0.131. The number of ether oxygens (including phenoxy) is 2. The van der Waals surface area contributed by atoms with E-state index in [1.54, 1.807) is 14.2 Å². The summed E-state index contributed by atoms with van der Waals surface area (Å²) in [5.41, 5.74) is 2.58. The molecule has 1 rings (SSSR count). The lowest BCUT2D eigenvalue weighted by atomic mass is 9.85. The SMILES string of the molecule is CNC(COC)c1cc(C(C)(C)C)ccc1OC. The Morgan fingerprint density at radius 1 is 1.22 bits per heavy atom. The van der Waals surface area contributed by atoms with E-state index in [-0.39, 0.29) is 11.5 Å². The maximum Gasteiger partial charge on any atom is 0.123 e. The van der Waals surface area contributed by atoms with E-state index in [1.165, 1.54) is 5.56 Å². The number of hydrogen-bond acceptors (Lipinski definition) is 3. The summed E-state index contributed by atoms with van der Waals surface area (Å²) >= 11 is 0. The van der Waals surface area contributed by atoms with Crippen molar-refractivity contribution >= 4 is 0 Å². The van der Waals surface area contributed by atoms with Crippen molar-refractivity contribution in [3.8, 4) is 5.75 Å². The number of nitrogens with one attached hydrogen (secondary N) is 1. The van der Waals surface area contributed by atoms with Crippen molar-refractivity contribution in [1.29, 1.82) is 0 Å². The molecule has 0 radical (unpaired) electrons. The molecule has 0 saturated carbocycles. The van der Waals surface area contributed by atoms with Gasteiger partial charge in [-0.1, -0.05) is 26.8 Å². The van der Waals surface area contributed by atoms with Crippen LogP contribution in [-0.2, 0) is 10.2 Å². The fraction of sp³-hybridized carbons (Fsp3) is 0.600. The first-order valence-electron chi connectivity index (χ1n) is 6.28. The van der Waals surface area contributed by atoms with Gasteiger partial charge in [0, 0.05) is 12.7 Å². The van der Waals surface area contributed by atoms with Gasteiger partial charge in [-0.3, -0.25) is 0 Å². The molecular formula is C15H25NO2. The van der Waals surface area contributed by atoms with Crippen molar-refractivity contribution in [2.75, 3.05) is 27.9 Å². The number of rotatable bonds is 5. The minimum atomic E-state index is 0.131. The second kappa shape index (κ2) is 6.21. The molecule has 0 aromatic heterocycles. The van der Waals surface area contributed by atoms with Crippen LogP contribution < -0.4 is 10.1 Å². The molecule has 0 amide bonds. The van der Waals surface area contributed by atoms with Crippen LogP contribution in [0.25, 0.3) is 0 Å². The van der Waals surface area contributed by atoms with E-state index in [2.05, 4.69) is 38.2 Å². The maximum atomic E-state index is 5.45. The van der Waals surface area contributed by atoms with E-state index < -0.39 is 0 Å². The van der Waals surface area contributed by atoms with E-state index >= 15 is 0 Å². The third kappa shape index (κ3) is 3.47. The number of hydrogen-bond donors (Lipinski definition) is 1. The summed E-state index contributed by atoms with van der Waals surface area (Å²) in [5, 5.41) is 3.27. The van der Waals surface area contributed by atoms with E-state index in [9.17, 15) is 0 Å². The molecule has 1 unspecified atom stereocenters. The summed E-state index contributed by atoms with van der Waals surface area (Å²) in [6.07, 6.45) is 0. The van der Waals surface area contributed by atoms with Gasteiger partial charge in [0.15, 0.2) is 0 Å². The van der Waals surface area contributed by atoms with Crippen molar-refractivity contribution < 1.29 is 9.47 Å². The van der Waals surface area contributed by atoms with Crippen LogP contribution in [0.15, 0.2) is 18.2 Å². The van der Waals surface area contributed by atoms with Gasteiger partial charge in [-0.25, -0.2) is 0 Å². The molecule has 3 nitrogen and oxygen atoms in total. The first kappa shape index (κ1) is 15.0. The predicted molar refractivity (Wildman–Crippen MR) is 75.4 cm³/mol. The molecule has 0 heterocycles. The highest BCUT2D eigenvalue weighted by Gasteiger charge is 2.19. The van der Waals surface area contributed by atoms with Gasteiger partial charge in [-0.15, -0.1) is 0 Å². The van der Waals surface area contributed by atoms with Crippen molar-refractivity contribution in [2.45, 2.75) is 32.2 Å². The highest BCUT2D eigenvalue weighted by molar-refractivity contribution is 5.41. The molecule has 3 heteroatoms. The fourth-order valence-electron chi connectivity index (χ4n) is 1.97. The summed E-state index contributed by atoms with van der Waals surface area (Å²) in [4.78, 5) is 0. The molecule has 1 N–H and O–H groups in total. The van der Waals surface area contributed by atoms with E-state index in [4.69, 9.17) is 9.47 Å². The third-order valence-electron chi connectivity index (χ3n) is 3.15. The molecule has 0 aliphatic carbocycles. The minimum Gasteiger partial charge on any atom is -0.496 e. The normalized spacial score (nSPS) is 13.4. The van der Waals surface area contributed by atoms with Crippen LogP contribution in [-0.4, -0.2) is 27.9 Å². The Morgan fingerprint density at radius 2 is 1.89 bits per heavy atom. The van der Waals surface area contributed by atoms with Gasteiger partial charge in [0.05, 0.1) is 19.8 Å². The van der Waals surface area contributed by atoms with Gasteiger partial charge in [-0.05, 0) is 30.2 Å². The first-order chi connectivity index (χ1) is 8.43. The molecule has 1 atom stereocenters. The quantitative estimate of drug-likeness (QED) is 0.873. The molecule has 0 spiro atoms. The molecule has 0 bridgehead atoms. The Labute approximate surface area is 110 Å². The first-order valence-corrected chi connectivity index (χ1v) is 6.28. The molecule has 0 fully saturated rings. The summed E-state index contributed by atoms with van der Waals surface area (Å²) in [7, 11) is 5.35. The largest absolute Gasteiger partial charge is 0.496 e. The average molecular weight is 251 g/mol. The average Bonchev–Trinajstić information content (AvgIpc) is 2.34. The van der Waals surface area contributed by atoms with Gasteiger partial charge in [0.2, 0.25) is 0 Å². The van der Waals surface area contributed by atoms with Gasteiger partial charge >= 0.3 is 0 Å². The molecule has 0 aliphatic heterocycles. The zero-order chi connectivity index (χ0) is 13.8. The standard InChI is InChI=1S/C15H25NO2/c1-15(2,3)11-7-8-14(18-6)12(9-11)13(16-4)10-17-5/h7-9,13,16H,10H2,1-6H3. The topological polar surface area (TPSA) is 30.5 Å². The van der Waals surface area contributed by atoms with Gasteiger partial charge in [0.25, 0.3) is 0 Å². The highest BCUT2D eigenvalue weighted by atomic mass is 16.5. The van der Waals surface area contributed by atoms with Gasteiger partial charge < -0.3 is 14.8 Å². The van der Waals surface area contributed by atoms with Crippen LogP contribution in [0.2, 0.25) is 0 Å². The molecule has 1 aromatic rings. The van der Waals surface area contributed by atoms with Crippen molar-refractivity contribution in [3.05, 3.63) is 29.3 Å². The predicted octanol–water partition coefficient (Wildman–Crippen LogP) is 2.90. The Kier molecular flexibility index (Phi) is 5.17. The number of benzene rings is 1. The molecule has 0 aliphatic rings. The van der Waals surface area contributed by atoms with Crippen LogP contribution >= 0.6 is 0 Å². The van der Waals surface area contributed by atoms with Crippen molar-refractivity contribution in [1.82, 2.24) is 5.32 Å². The Hall–Kier alpha value is -1.06. The molecular weight excluding hydrogens is 226 g/mol. The van der Waals surface area contributed by atoms with E-state index in [0.29, 0.717) is 6.61 Å². The maximum absolute atomic E-state index is 5.45. The van der Waals surface area contributed by atoms with E-state index in [1.807, 2.05) is 13.1 Å². The zero-order valence-electron chi connectivity index (χ0n) is 12.3. The lowest BCUT2D eigenvalue weighted by Gasteiger charge is -2.24. The van der Waals surface area contributed by atoms with Crippen LogP contribution in [0.5, 0.6) is 5.75 Å². The zero-order valence-corrected chi connectivity index (χ0v) is 12.3. The summed E-state index contributed by atoms with van der Waals surface area (Å²) in [6.45, 7) is 7.26.